The highest BCUT2D eigenvalue weighted by molar-refractivity contribution is 6.17. The summed E-state index contributed by atoms with van der Waals surface area (Å²) in [5, 5.41) is 2.84. The Morgan fingerprint density at radius 2 is 2.40 bits per heavy atom. The molecular formula is C14H19ClN2O3. The highest BCUT2D eigenvalue weighted by Gasteiger charge is 2.32. The van der Waals surface area contributed by atoms with E-state index in [9.17, 15) is 9.59 Å². The summed E-state index contributed by atoms with van der Waals surface area (Å²) in [6.45, 7) is 0.546. The standard InChI is InChI=1S/C14H19ClN2O3/c1-17-11-5-4-10(18)9-12(11)20-14(17)6-8-16-13(19)3-2-7-15/h5,9,14H,2-4,6-8H2,1H3,(H,16,19). The van der Waals surface area contributed by atoms with Crippen molar-refractivity contribution in [2.24, 2.45) is 0 Å². The molecule has 5 nitrogen and oxygen atoms in total. The lowest BCUT2D eigenvalue weighted by Gasteiger charge is -2.20. The number of carbonyl (C=O) groups excluding carboxylic acids is 2. The molecule has 1 saturated heterocycles. The monoisotopic (exact) mass is 298 g/mol. The summed E-state index contributed by atoms with van der Waals surface area (Å²) < 4.78 is 5.74. The predicted octanol–water partition coefficient (Wildman–Crippen LogP) is 1.54. The van der Waals surface area contributed by atoms with E-state index < -0.39 is 0 Å². The lowest BCUT2D eigenvalue weighted by atomic mass is 10.1. The van der Waals surface area contributed by atoms with Gasteiger partial charge in [-0.1, -0.05) is 0 Å². The molecule has 1 aliphatic carbocycles. The third-order valence-corrected chi connectivity index (χ3v) is 3.63. The van der Waals surface area contributed by atoms with Crippen molar-refractivity contribution in [3.05, 3.63) is 23.6 Å². The van der Waals surface area contributed by atoms with Crippen molar-refractivity contribution in [2.75, 3.05) is 19.5 Å². The molecule has 0 spiro atoms. The Morgan fingerprint density at radius 3 is 3.15 bits per heavy atom. The second-order valence-electron chi connectivity index (χ2n) is 4.88. The van der Waals surface area contributed by atoms with E-state index in [1.54, 1.807) is 6.08 Å². The van der Waals surface area contributed by atoms with Crippen molar-refractivity contribution in [3.8, 4) is 0 Å². The van der Waals surface area contributed by atoms with Gasteiger partial charge in [0.25, 0.3) is 0 Å². The summed E-state index contributed by atoms with van der Waals surface area (Å²) in [5.74, 6) is 1.21. The minimum absolute atomic E-state index is 0.0114. The molecule has 1 unspecified atom stereocenters. The van der Waals surface area contributed by atoms with Crippen LogP contribution in [0, 0.1) is 0 Å². The van der Waals surface area contributed by atoms with Gasteiger partial charge in [-0.05, 0) is 12.5 Å². The Balaban J connectivity index is 1.79. The SMILES string of the molecule is CN1C2=CCC(=O)C=C2OC1CCNC(=O)CCCCl. The Bertz CT molecular complexity index is 459. The number of hydrogen-bond donors (Lipinski definition) is 1. The summed E-state index contributed by atoms with van der Waals surface area (Å²) in [7, 11) is 1.93. The Morgan fingerprint density at radius 1 is 1.60 bits per heavy atom. The minimum Gasteiger partial charge on any atom is -0.468 e. The van der Waals surface area contributed by atoms with E-state index in [-0.39, 0.29) is 17.9 Å². The predicted molar refractivity (Wildman–Crippen MR) is 76.0 cm³/mol. The molecule has 0 radical (unpaired) electrons. The molecule has 0 bridgehead atoms. The molecular weight excluding hydrogens is 280 g/mol. The topological polar surface area (TPSA) is 58.6 Å². The normalized spacial score (nSPS) is 21.0. The first-order valence-corrected chi connectivity index (χ1v) is 7.32. The number of nitrogens with one attached hydrogen (secondary N) is 1. The van der Waals surface area contributed by atoms with E-state index in [4.69, 9.17) is 16.3 Å². The highest BCUT2D eigenvalue weighted by Crippen LogP contribution is 2.32. The number of alkyl halides is 1. The summed E-state index contributed by atoms with van der Waals surface area (Å²) in [4.78, 5) is 24.8. The van der Waals surface area contributed by atoms with E-state index in [0.717, 1.165) is 5.70 Å². The maximum Gasteiger partial charge on any atom is 0.220 e. The molecule has 2 rings (SSSR count). The molecule has 1 N–H and O–H groups in total. The lowest BCUT2D eigenvalue weighted by molar-refractivity contribution is -0.121. The van der Waals surface area contributed by atoms with E-state index >= 15 is 0 Å². The molecule has 0 aromatic rings. The van der Waals surface area contributed by atoms with Crippen molar-refractivity contribution < 1.29 is 14.3 Å². The maximum atomic E-state index is 11.5. The summed E-state index contributed by atoms with van der Waals surface area (Å²) in [6, 6.07) is 0. The van der Waals surface area contributed by atoms with Gasteiger partial charge in [-0.25, -0.2) is 0 Å². The van der Waals surface area contributed by atoms with Crippen molar-refractivity contribution in [2.45, 2.75) is 31.9 Å². The number of halogens is 1. The largest absolute Gasteiger partial charge is 0.468 e. The Hall–Kier alpha value is -1.49. The van der Waals surface area contributed by atoms with Crippen LogP contribution < -0.4 is 5.32 Å². The summed E-state index contributed by atoms with van der Waals surface area (Å²) >= 11 is 5.54. The van der Waals surface area contributed by atoms with E-state index in [2.05, 4.69) is 5.32 Å². The average molecular weight is 299 g/mol. The van der Waals surface area contributed by atoms with Crippen LogP contribution in [-0.4, -0.2) is 42.3 Å². The molecule has 1 amide bonds. The van der Waals surface area contributed by atoms with Gasteiger partial charge >= 0.3 is 0 Å². The number of hydrogen-bond acceptors (Lipinski definition) is 4. The van der Waals surface area contributed by atoms with Gasteiger partial charge in [0, 0.05) is 44.8 Å². The molecule has 0 aromatic heterocycles. The van der Waals surface area contributed by atoms with Crippen LogP contribution in [0.4, 0.5) is 0 Å². The van der Waals surface area contributed by atoms with Crippen molar-refractivity contribution >= 4 is 23.3 Å². The first kappa shape index (κ1) is 14.9. The number of carbonyl (C=O) groups is 2. The molecule has 1 atom stereocenters. The van der Waals surface area contributed by atoms with Crippen LogP contribution in [0.5, 0.6) is 0 Å². The first-order valence-electron chi connectivity index (χ1n) is 6.79. The van der Waals surface area contributed by atoms with E-state index in [1.807, 2.05) is 18.0 Å². The van der Waals surface area contributed by atoms with Crippen LogP contribution in [-0.2, 0) is 14.3 Å². The number of ether oxygens (including phenoxy) is 1. The highest BCUT2D eigenvalue weighted by atomic mass is 35.5. The molecule has 1 heterocycles. The van der Waals surface area contributed by atoms with Crippen molar-refractivity contribution in [3.63, 3.8) is 0 Å². The van der Waals surface area contributed by atoms with Crippen molar-refractivity contribution in [1.29, 1.82) is 0 Å². The second-order valence-corrected chi connectivity index (χ2v) is 5.26. The van der Waals surface area contributed by atoms with Gasteiger partial charge in [-0.3, -0.25) is 9.59 Å². The number of ketones is 1. The first-order chi connectivity index (χ1) is 9.61. The Kier molecular flexibility index (Phi) is 5.06. The molecule has 2 aliphatic rings. The fraction of sp³-hybridized carbons (Fsp3) is 0.571. The third-order valence-electron chi connectivity index (χ3n) is 3.37. The molecule has 110 valence electrons. The van der Waals surface area contributed by atoms with Crippen LogP contribution in [0.1, 0.15) is 25.7 Å². The number of amides is 1. The van der Waals surface area contributed by atoms with Gasteiger partial charge in [-0.2, -0.15) is 0 Å². The fourth-order valence-corrected chi connectivity index (χ4v) is 2.41. The minimum atomic E-state index is -0.133. The van der Waals surface area contributed by atoms with Gasteiger partial charge in [-0.15, -0.1) is 11.6 Å². The van der Waals surface area contributed by atoms with Crippen LogP contribution in [0.3, 0.4) is 0 Å². The van der Waals surface area contributed by atoms with Crippen LogP contribution in [0.25, 0.3) is 0 Å². The number of nitrogens with zero attached hydrogens (tertiary/aromatic N) is 1. The van der Waals surface area contributed by atoms with Crippen LogP contribution >= 0.6 is 11.6 Å². The summed E-state index contributed by atoms with van der Waals surface area (Å²) in [6.07, 6.45) is 5.54. The summed E-state index contributed by atoms with van der Waals surface area (Å²) in [5.41, 5.74) is 0.961. The van der Waals surface area contributed by atoms with E-state index in [0.29, 0.717) is 43.9 Å². The smallest absolute Gasteiger partial charge is 0.220 e. The zero-order chi connectivity index (χ0) is 14.5. The maximum absolute atomic E-state index is 11.5. The number of allylic oxidation sites excluding steroid dienone is 2. The molecule has 0 saturated carbocycles. The van der Waals surface area contributed by atoms with Gasteiger partial charge in [0.05, 0.1) is 5.70 Å². The number of likely N-dealkylation sites (N-methyl/N-ethyl adjacent to an activating group) is 1. The van der Waals surface area contributed by atoms with Gasteiger partial charge in [0.1, 0.15) is 5.76 Å². The lowest BCUT2D eigenvalue weighted by Crippen LogP contribution is -2.32. The Labute approximate surface area is 123 Å². The van der Waals surface area contributed by atoms with Crippen LogP contribution in [0.2, 0.25) is 0 Å². The molecule has 6 heteroatoms. The third kappa shape index (κ3) is 3.54. The fourth-order valence-electron chi connectivity index (χ4n) is 2.27. The average Bonchev–Trinajstić information content (AvgIpc) is 2.72. The van der Waals surface area contributed by atoms with E-state index in [1.165, 1.54) is 0 Å². The van der Waals surface area contributed by atoms with Gasteiger partial charge < -0.3 is 15.0 Å². The molecule has 1 fully saturated rings. The molecule has 20 heavy (non-hydrogen) atoms. The van der Waals surface area contributed by atoms with Crippen LogP contribution in [0.15, 0.2) is 23.6 Å². The number of rotatable bonds is 6. The quantitative estimate of drug-likeness (QED) is 0.756. The second kappa shape index (κ2) is 6.79. The molecule has 0 aromatic carbocycles. The van der Waals surface area contributed by atoms with Gasteiger partial charge in [0.2, 0.25) is 5.91 Å². The zero-order valence-corrected chi connectivity index (χ0v) is 12.3. The molecule has 1 aliphatic heterocycles. The van der Waals surface area contributed by atoms with Gasteiger partial charge in [0.15, 0.2) is 12.0 Å². The zero-order valence-electron chi connectivity index (χ0n) is 11.5. The number of fused-ring (bicyclic) bond motifs is 1. The van der Waals surface area contributed by atoms with Crippen molar-refractivity contribution in [1.82, 2.24) is 10.2 Å².